The molecule has 6 heteroatoms. The van der Waals surface area contributed by atoms with Crippen molar-refractivity contribution in [2.45, 2.75) is 32.4 Å². The van der Waals surface area contributed by atoms with Crippen LogP contribution in [0.15, 0.2) is 34.9 Å². The first kappa shape index (κ1) is 15.7. The third-order valence-corrected chi connectivity index (χ3v) is 4.95. The minimum absolute atomic E-state index is 0.140. The number of aromatic nitrogens is 3. The number of benzene rings is 1. The molecular weight excluding hydrogens is 373 g/mol. The van der Waals surface area contributed by atoms with Crippen molar-refractivity contribution < 1.29 is 9.13 Å². The molecule has 1 saturated heterocycles. The highest BCUT2D eigenvalue weighted by Gasteiger charge is 2.22. The second-order valence-electron chi connectivity index (χ2n) is 6.08. The maximum atomic E-state index is 14.1. The van der Waals surface area contributed by atoms with Gasteiger partial charge in [-0.25, -0.2) is 9.07 Å². The van der Waals surface area contributed by atoms with Gasteiger partial charge in [-0.15, -0.1) is 0 Å². The summed E-state index contributed by atoms with van der Waals surface area (Å²) in [6.07, 6.45) is 4.67. The molecule has 0 spiro atoms. The van der Waals surface area contributed by atoms with Crippen molar-refractivity contribution in [3.63, 3.8) is 0 Å². The number of halogens is 2. The number of rotatable bonds is 2. The summed E-state index contributed by atoms with van der Waals surface area (Å²) in [7, 11) is 0. The molecule has 1 fully saturated rings. The molecule has 1 aromatic carbocycles. The lowest BCUT2D eigenvalue weighted by Gasteiger charge is -2.23. The Bertz CT molecular complexity index is 903. The van der Waals surface area contributed by atoms with Gasteiger partial charge in [0.1, 0.15) is 11.5 Å². The monoisotopic (exact) mass is 389 g/mol. The van der Waals surface area contributed by atoms with Crippen LogP contribution in [0.1, 0.15) is 31.2 Å². The van der Waals surface area contributed by atoms with Gasteiger partial charge in [0, 0.05) is 35.5 Å². The lowest BCUT2D eigenvalue weighted by atomic mass is 10.1. The fourth-order valence-electron chi connectivity index (χ4n) is 3.17. The summed E-state index contributed by atoms with van der Waals surface area (Å²) in [5.41, 5.74) is 3.48. The maximum absolute atomic E-state index is 14.1. The topological polar surface area (TPSA) is 39.9 Å². The molecule has 4 rings (SSSR count). The van der Waals surface area contributed by atoms with Crippen LogP contribution in [0, 0.1) is 12.7 Å². The number of fused-ring (bicyclic) bond motifs is 1. The first-order chi connectivity index (χ1) is 11.6. The zero-order valence-corrected chi connectivity index (χ0v) is 14.9. The van der Waals surface area contributed by atoms with Crippen LogP contribution >= 0.6 is 15.9 Å². The predicted octanol–water partition coefficient (Wildman–Crippen LogP) is 5.01. The smallest absolute Gasteiger partial charge is 0.150 e. The number of hydrogen-bond acceptors (Lipinski definition) is 3. The fraction of sp³-hybridized carbons (Fsp3) is 0.333. The van der Waals surface area contributed by atoms with Gasteiger partial charge in [-0.3, -0.25) is 4.98 Å². The Kier molecular flexibility index (Phi) is 4.10. The van der Waals surface area contributed by atoms with E-state index in [0.29, 0.717) is 11.1 Å². The Morgan fingerprint density at radius 2 is 2.17 bits per heavy atom. The van der Waals surface area contributed by atoms with E-state index in [9.17, 15) is 4.39 Å². The summed E-state index contributed by atoms with van der Waals surface area (Å²) in [6.45, 7) is 2.66. The van der Waals surface area contributed by atoms with Crippen molar-refractivity contribution in [2.24, 2.45) is 0 Å². The maximum Gasteiger partial charge on any atom is 0.150 e. The molecule has 24 heavy (non-hydrogen) atoms. The molecule has 0 amide bonds. The van der Waals surface area contributed by atoms with Crippen LogP contribution in [0.25, 0.3) is 22.2 Å². The SMILES string of the molecule is Cc1cc(-c2nn(C3CCCCO3)c3cc(F)c(Br)cc23)ccn1. The molecule has 124 valence electrons. The highest BCUT2D eigenvalue weighted by atomic mass is 79.9. The molecule has 0 N–H and O–H groups in total. The Balaban J connectivity index is 1.94. The Labute approximate surface area is 147 Å². The largest absolute Gasteiger partial charge is 0.356 e. The van der Waals surface area contributed by atoms with Crippen LogP contribution in [0.3, 0.4) is 0 Å². The summed E-state index contributed by atoms with van der Waals surface area (Å²) in [4.78, 5) is 4.25. The van der Waals surface area contributed by atoms with Crippen molar-refractivity contribution in [2.75, 3.05) is 6.61 Å². The van der Waals surface area contributed by atoms with Crippen LogP contribution in [0.4, 0.5) is 4.39 Å². The molecule has 3 aromatic rings. The van der Waals surface area contributed by atoms with Gasteiger partial charge in [-0.05, 0) is 60.3 Å². The summed E-state index contributed by atoms with van der Waals surface area (Å²) in [5, 5.41) is 5.69. The summed E-state index contributed by atoms with van der Waals surface area (Å²) in [6, 6.07) is 7.24. The summed E-state index contributed by atoms with van der Waals surface area (Å²) in [5.74, 6) is -0.295. The van der Waals surface area contributed by atoms with Crippen molar-refractivity contribution in [3.05, 3.63) is 46.4 Å². The van der Waals surface area contributed by atoms with Gasteiger partial charge in [-0.1, -0.05) is 0 Å². The lowest BCUT2D eigenvalue weighted by molar-refractivity contribution is -0.0365. The average molecular weight is 390 g/mol. The summed E-state index contributed by atoms with van der Waals surface area (Å²) < 4.78 is 22.3. The van der Waals surface area contributed by atoms with Gasteiger partial charge in [0.25, 0.3) is 0 Å². The standard InChI is InChI=1S/C18H17BrFN3O/c1-11-8-12(5-6-21-11)18-13-9-14(19)15(20)10-16(13)23(22-18)17-4-2-3-7-24-17/h5-6,8-10,17H,2-4,7H2,1H3. The van der Waals surface area contributed by atoms with Gasteiger partial charge in [0.05, 0.1) is 9.99 Å². The Morgan fingerprint density at radius 3 is 2.92 bits per heavy atom. The van der Waals surface area contributed by atoms with Gasteiger partial charge in [0.15, 0.2) is 6.23 Å². The Hall–Kier alpha value is -1.79. The molecule has 1 atom stereocenters. The molecule has 0 bridgehead atoms. The van der Waals surface area contributed by atoms with Crippen LogP contribution in [0.5, 0.6) is 0 Å². The van der Waals surface area contributed by atoms with Crippen molar-refractivity contribution >= 4 is 26.8 Å². The van der Waals surface area contributed by atoms with Gasteiger partial charge in [0.2, 0.25) is 0 Å². The number of nitrogens with zero attached hydrogens (tertiary/aromatic N) is 3. The number of aryl methyl sites for hydroxylation is 1. The Morgan fingerprint density at radius 1 is 1.29 bits per heavy atom. The summed E-state index contributed by atoms with van der Waals surface area (Å²) >= 11 is 3.29. The van der Waals surface area contributed by atoms with E-state index in [1.165, 1.54) is 6.07 Å². The zero-order chi connectivity index (χ0) is 16.7. The minimum atomic E-state index is -0.295. The first-order valence-electron chi connectivity index (χ1n) is 8.05. The van der Waals surface area contributed by atoms with Crippen LogP contribution in [-0.2, 0) is 4.74 Å². The molecule has 0 saturated carbocycles. The lowest BCUT2D eigenvalue weighted by Crippen LogP contribution is -2.19. The normalized spacial score (nSPS) is 18.2. The molecule has 1 aliphatic rings. The van der Waals surface area contributed by atoms with E-state index in [2.05, 4.69) is 20.9 Å². The van der Waals surface area contributed by atoms with E-state index in [0.717, 1.165) is 47.1 Å². The second kappa shape index (κ2) is 6.26. The van der Waals surface area contributed by atoms with E-state index in [1.54, 1.807) is 12.3 Å². The number of pyridine rings is 1. The molecule has 1 aliphatic heterocycles. The quantitative estimate of drug-likeness (QED) is 0.618. The van der Waals surface area contributed by atoms with E-state index in [-0.39, 0.29) is 12.0 Å². The molecule has 4 nitrogen and oxygen atoms in total. The van der Waals surface area contributed by atoms with Gasteiger partial charge in [-0.2, -0.15) is 5.10 Å². The van der Waals surface area contributed by atoms with E-state index >= 15 is 0 Å². The van der Waals surface area contributed by atoms with Gasteiger partial charge < -0.3 is 4.74 Å². The van der Waals surface area contributed by atoms with Gasteiger partial charge >= 0.3 is 0 Å². The molecular formula is C18H17BrFN3O. The minimum Gasteiger partial charge on any atom is -0.356 e. The highest BCUT2D eigenvalue weighted by molar-refractivity contribution is 9.10. The molecule has 1 unspecified atom stereocenters. The number of ether oxygens (including phenoxy) is 1. The third kappa shape index (κ3) is 2.74. The molecule has 0 radical (unpaired) electrons. The van der Waals surface area contributed by atoms with E-state index in [1.807, 2.05) is 23.7 Å². The second-order valence-corrected chi connectivity index (χ2v) is 6.94. The van der Waals surface area contributed by atoms with Crippen LogP contribution in [-0.4, -0.2) is 21.4 Å². The van der Waals surface area contributed by atoms with Crippen molar-refractivity contribution in [3.8, 4) is 11.3 Å². The highest BCUT2D eigenvalue weighted by Crippen LogP contribution is 2.35. The zero-order valence-electron chi connectivity index (χ0n) is 13.3. The molecule has 2 aromatic heterocycles. The van der Waals surface area contributed by atoms with E-state index in [4.69, 9.17) is 9.84 Å². The van der Waals surface area contributed by atoms with Crippen LogP contribution in [0.2, 0.25) is 0 Å². The average Bonchev–Trinajstić information content (AvgIpc) is 2.94. The van der Waals surface area contributed by atoms with Crippen molar-refractivity contribution in [1.82, 2.24) is 14.8 Å². The number of hydrogen-bond donors (Lipinski definition) is 0. The molecule has 0 aliphatic carbocycles. The fourth-order valence-corrected chi connectivity index (χ4v) is 3.52. The molecule has 3 heterocycles. The first-order valence-corrected chi connectivity index (χ1v) is 8.84. The van der Waals surface area contributed by atoms with Crippen molar-refractivity contribution in [1.29, 1.82) is 0 Å². The predicted molar refractivity (Wildman–Crippen MR) is 94.2 cm³/mol. The van der Waals surface area contributed by atoms with E-state index < -0.39 is 0 Å². The van der Waals surface area contributed by atoms with Crippen LogP contribution < -0.4 is 0 Å². The third-order valence-electron chi connectivity index (χ3n) is 4.35.